The van der Waals surface area contributed by atoms with Crippen LogP contribution in [0.15, 0.2) is 24.3 Å². The quantitative estimate of drug-likeness (QED) is 0.848. The zero-order valence-electron chi connectivity index (χ0n) is 13.0. The topological polar surface area (TPSA) is 64.3 Å². The van der Waals surface area contributed by atoms with Gasteiger partial charge in [0.2, 0.25) is 0 Å². The van der Waals surface area contributed by atoms with Crippen LogP contribution in [0, 0.1) is 11.7 Å². The maximum Gasteiger partial charge on any atom is 0.407 e. The first-order valence-electron chi connectivity index (χ1n) is 7.21. The van der Waals surface area contributed by atoms with Gasteiger partial charge in [-0.3, -0.25) is 0 Å². The SMILES string of the molecule is CC(C)(C)OC(=O)NCC(CN)CCc1ccc(F)cc1. The largest absolute Gasteiger partial charge is 0.444 e. The van der Waals surface area contributed by atoms with Gasteiger partial charge in [-0.25, -0.2) is 9.18 Å². The molecule has 0 bridgehead atoms. The van der Waals surface area contributed by atoms with E-state index in [1.54, 1.807) is 12.1 Å². The van der Waals surface area contributed by atoms with Gasteiger partial charge >= 0.3 is 6.09 Å². The van der Waals surface area contributed by atoms with E-state index in [9.17, 15) is 9.18 Å². The number of hydrogen-bond donors (Lipinski definition) is 2. The van der Waals surface area contributed by atoms with Gasteiger partial charge in [-0.15, -0.1) is 0 Å². The number of carbonyl (C=O) groups is 1. The first kappa shape index (κ1) is 17.4. The van der Waals surface area contributed by atoms with Crippen molar-refractivity contribution < 1.29 is 13.9 Å². The molecule has 3 N–H and O–H groups in total. The summed E-state index contributed by atoms with van der Waals surface area (Å²) in [6.45, 7) is 6.42. The average molecular weight is 296 g/mol. The van der Waals surface area contributed by atoms with Crippen molar-refractivity contribution in [2.24, 2.45) is 11.7 Å². The van der Waals surface area contributed by atoms with Crippen LogP contribution < -0.4 is 11.1 Å². The average Bonchev–Trinajstić information content (AvgIpc) is 2.39. The van der Waals surface area contributed by atoms with Gasteiger partial charge in [0, 0.05) is 6.54 Å². The van der Waals surface area contributed by atoms with E-state index in [0.29, 0.717) is 13.1 Å². The number of amides is 1. The van der Waals surface area contributed by atoms with Gasteiger partial charge in [-0.2, -0.15) is 0 Å². The van der Waals surface area contributed by atoms with Crippen molar-refractivity contribution in [3.05, 3.63) is 35.6 Å². The summed E-state index contributed by atoms with van der Waals surface area (Å²) < 4.78 is 18.0. The Labute approximate surface area is 125 Å². The third-order valence-electron chi connectivity index (χ3n) is 3.02. The zero-order chi connectivity index (χ0) is 15.9. The van der Waals surface area contributed by atoms with Gasteiger partial charge in [0.25, 0.3) is 0 Å². The van der Waals surface area contributed by atoms with Crippen molar-refractivity contribution in [3.63, 3.8) is 0 Å². The van der Waals surface area contributed by atoms with E-state index in [2.05, 4.69) is 5.32 Å². The maximum atomic E-state index is 12.8. The van der Waals surface area contributed by atoms with E-state index < -0.39 is 11.7 Å². The summed E-state index contributed by atoms with van der Waals surface area (Å²) in [5.41, 5.74) is 6.28. The molecule has 118 valence electrons. The van der Waals surface area contributed by atoms with Crippen molar-refractivity contribution in [2.75, 3.05) is 13.1 Å². The van der Waals surface area contributed by atoms with Gasteiger partial charge in [-0.1, -0.05) is 12.1 Å². The van der Waals surface area contributed by atoms with Crippen LogP contribution in [-0.2, 0) is 11.2 Å². The number of rotatable bonds is 6. The molecule has 1 amide bonds. The molecule has 1 rings (SSSR count). The Morgan fingerprint density at radius 1 is 1.33 bits per heavy atom. The third-order valence-corrected chi connectivity index (χ3v) is 3.02. The van der Waals surface area contributed by atoms with Crippen LogP contribution in [0.3, 0.4) is 0 Å². The number of aryl methyl sites for hydroxylation is 1. The van der Waals surface area contributed by atoms with Crippen molar-refractivity contribution >= 4 is 6.09 Å². The number of nitrogens with two attached hydrogens (primary N) is 1. The van der Waals surface area contributed by atoms with Crippen molar-refractivity contribution in [2.45, 2.75) is 39.2 Å². The first-order valence-corrected chi connectivity index (χ1v) is 7.21. The second kappa shape index (κ2) is 7.98. The number of benzene rings is 1. The minimum atomic E-state index is -0.504. The zero-order valence-corrected chi connectivity index (χ0v) is 13.0. The van der Waals surface area contributed by atoms with Gasteiger partial charge in [0.05, 0.1) is 0 Å². The first-order chi connectivity index (χ1) is 9.80. The lowest BCUT2D eigenvalue weighted by Crippen LogP contribution is -2.37. The second-order valence-electron chi connectivity index (χ2n) is 6.15. The van der Waals surface area contributed by atoms with E-state index in [4.69, 9.17) is 10.5 Å². The number of hydrogen-bond acceptors (Lipinski definition) is 3. The highest BCUT2D eigenvalue weighted by Gasteiger charge is 2.17. The summed E-state index contributed by atoms with van der Waals surface area (Å²) in [5.74, 6) is -0.0664. The summed E-state index contributed by atoms with van der Waals surface area (Å²) in [4.78, 5) is 11.6. The Morgan fingerprint density at radius 3 is 2.48 bits per heavy atom. The Balaban J connectivity index is 2.34. The molecule has 0 fully saturated rings. The number of alkyl carbamates (subject to hydrolysis) is 1. The van der Waals surface area contributed by atoms with Crippen LogP contribution in [-0.4, -0.2) is 24.8 Å². The number of halogens is 1. The smallest absolute Gasteiger partial charge is 0.407 e. The highest BCUT2D eigenvalue weighted by Crippen LogP contribution is 2.11. The Hall–Kier alpha value is -1.62. The van der Waals surface area contributed by atoms with Gasteiger partial charge in [-0.05, 0) is 63.8 Å². The maximum absolute atomic E-state index is 12.8. The van der Waals surface area contributed by atoms with Gasteiger partial charge < -0.3 is 15.8 Å². The van der Waals surface area contributed by atoms with E-state index >= 15 is 0 Å². The summed E-state index contributed by atoms with van der Waals surface area (Å²) in [6, 6.07) is 6.44. The molecule has 4 nitrogen and oxygen atoms in total. The van der Waals surface area contributed by atoms with Crippen LogP contribution in [0.4, 0.5) is 9.18 Å². The van der Waals surface area contributed by atoms with Crippen LogP contribution >= 0.6 is 0 Å². The standard InChI is InChI=1S/C16H25FN2O2/c1-16(2,3)21-15(20)19-11-13(10-18)5-4-12-6-8-14(17)9-7-12/h6-9,13H,4-5,10-11,18H2,1-3H3,(H,19,20). The molecule has 0 aliphatic rings. The second-order valence-corrected chi connectivity index (χ2v) is 6.15. The van der Waals surface area contributed by atoms with Crippen LogP contribution in [0.5, 0.6) is 0 Å². The molecule has 1 aromatic carbocycles. The van der Waals surface area contributed by atoms with Crippen molar-refractivity contribution in [1.82, 2.24) is 5.32 Å². The fraction of sp³-hybridized carbons (Fsp3) is 0.562. The van der Waals surface area contributed by atoms with Crippen molar-refractivity contribution in [1.29, 1.82) is 0 Å². The molecule has 21 heavy (non-hydrogen) atoms. The molecule has 0 heterocycles. The predicted octanol–water partition coefficient (Wildman–Crippen LogP) is 2.86. The summed E-state index contributed by atoms with van der Waals surface area (Å²) >= 11 is 0. The molecule has 0 spiro atoms. The van der Waals surface area contributed by atoms with E-state index in [1.165, 1.54) is 12.1 Å². The Bertz CT molecular complexity index is 441. The molecule has 0 radical (unpaired) electrons. The number of ether oxygens (including phenoxy) is 1. The van der Waals surface area contributed by atoms with Gasteiger partial charge in [0.15, 0.2) is 0 Å². The van der Waals surface area contributed by atoms with Crippen molar-refractivity contribution in [3.8, 4) is 0 Å². The highest BCUT2D eigenvalue weighted by molar-refractivity contribution is 5.67. The molecule has 0 aliphatic heterocycles. The minimum Gasteiger partial charge on any atom is -0.444 e. The van der Waals surface area contributed by atoms with Gasteiger partial charge in [0.1, 0.15) is 11.4 Å². The summed E-state index contributed by atoms with van der Waals surface area (Å²) in [7, 11) is 0. The molecule has 0 aliphatic carbocycles. The normalized spacial score (nSPS) is 12.8. The molecule has 0 saturated carbocycles. The molecule has 1 aromatic rings. The fourth-order valence-corrected chi connectivity index (χ4v) is 1.87. The fourth-order valence-electron chi connectivity index (χ4n) is 1.87. The van der Waals surface area contributed by atoms with E-state index in [-0.39, 0.29) is 11.7 Å². The van der Waals surface area contributed by atoms with Crippen LogP contribution in [0.1, 0.15) is 32.8 Å². The third kappa shape index (κ3) is 7.66. The van der Waals surface area contributed by atoms with Crippen LogP contribution in [0.2, 0.25) is 0 Å². The van der Waals surface area contributed by atoms with E-state index in [0.717, 1.165) is 18.4 Å². The predicted molar refractivity (Wildman–Crippen MR) is 81.5 cm³/mol. The number of nitrogens with one attached hydrogen (secondary N) is 1. The summed E-state index contributed by atoms with van der Waals surface area (Å²) in [6.07, 6.45) is 1.21. The Morgan fingerprint density at radius 2 is 1.95 bits per heavy atom. The lowest BCUT2D eigenvalue weighted by Gasteiger charge is -2.21. The summed E-state index contributed by atoms with van der Waals surface area (Å²) in [5, 5.41) is 2.73. The molecular formula is C16H25FN2O2. The number of carbonyl (C=O) groups excluding carboxylic acids is 1. The monoisotopic (exact) mass is 296 g/mol. The lowest BCUT2D eigenvalue weighted by molar-refractivity contribution is 0.0519. The molecule has 0 saturated heterocycles. The Kier molecular flexibility index (Phi) is 6.62. The molecule has 0 aromatic heterocycles. The minimum absolute atomic E-state index is 0.169. The molecular weight excluding hydrogens is 271 g/mol. The van der Waals surface area contributed by atoms with E-state index in [1.807, 2.05) is 20.8 Å². The van der Waals surface area contributed by atoms with Crippen LogP contribution in [0.25, 0.3) is 0 Å². The molecule has 1 atom stereocenters. The lowest BCUT2D eigenvalue weighted by atomic mass is 9.99. The molecule has 1 unspecified atom stereocenters. The highest BCUT2D eigenvalue weighted by atomic mass is 19.1. The molecule has 5 heteroatoms.